The highest BCUT2D eigenvalue weighted by molar-refractivity contribution is 7.11. The molecule has 1 fully saturated rings. The molecule has 0 unspecified atom stereocenters. The van der Waals surface area contributed by atoms with E-state index in [0.717, 1.165) is 6.54 Å². The van der Waals surface area contributed by atoms with Gasteiger partial charge in [-0.15, -0.1) is 11.3 Å². The second-order valence-electron chi connectivity index (χ2n) is 5.54. The first kappa shape index (κ1) is 14.0. The Hall–Kier alpha value is -0.380. The SMILES string of the molecule is CCCCc1ccc(CN2CCN(C)[C@H](C)C2)s1. The van der Waals surface area contributed by atoms with E-state index in [0.29, 0.717) is 6.04 Å². The summed E-state index contributed by atoms with van der Waals surface area (Å²) in [7, 11) is 2.23. The second-order valence-corrected chi connectivity index (χ2v) is 6.79. The van der Waals surface area contributed by atoms with Crippen molar-refractivity contribution in [1.29, 1.82) is 0 Å². The minimum Gasteiger partial charge on any atom is -0.301 e. The maximum absolute atomic E-state index is 2.60. The van der Waals surface area contributed by atoms with Crippen LogP contribution in [0.5, 0.6) is 0 Å². The van der Waals surface area contributed by atoms with E-state index < -0.39 is 0 Å². The van der Waals surface area contributed by atoms with E-state index in [9.17, 15) is 0 Å². The number of piperazine rings is 1. The molecule has 0 saturated carbocycles. The molecule has 0 radical (unpaired) electrons. The molecule has 0 spiro atoms. The van der Waals surface area contributed by atoms with E-state index >= 15 is 0 Å². The van der Waals surface area contributed by atoms with Gasteiger partial charge in [0.15, 0.2) is 0 Å². The highest BCUT2D eigenvalue weighted by Gasteiger charge is 2.20. The Morgan fingerprint density at radius 2 is 2.06 bits per heavy atom. The van der Waals surface area contributed by atoms with Gasteiger partial charge in [0.1, 0.15) is 0 Å². The lowest BCUT2D eigenvalue weighted by molar-refractivity contribution is 0.101. The van der Waals surface area contributed by atoms with Crippen molar-refractivity contribution in [2.75, 3.05) is 26.7 Å². The molecule has 0 aromatic carbocycles. The van der Waals surface area contributed by atoms with Crippen LogP contribution in [-0.4, -0.2) is 42.5 Å². The highest BCUT2D eigenvalue weighted by Crippen LogP contribution is 2.21. The number of thiophene rings is 1. The van der Waals surface area contributed by atoms with Crippen LogP contribution in [0.2, 0.25) is 0 Å². The summed E-state index contributed by atoms with van der Waals surface area (Å²) >= 11 is 2.01. The van der Waals surface area contributed by atoms with Crippen molar-refractivity contribution >= 4 is 11.3 Å². The van der Waals surface area contributed by atoms with Crippen molar-refractivity contribution < 1.29 is 0 Å². The molecule has 18 heavy (non-hydrogen) atoms. The minimum absolute atomic E-state index is 0.693. The predicted octanol–water partition coefficient (Wildman–Crippen LogP) is 3.23. The Bertz CT molecular complexity index is 361. The largest absolute Gasteiger partial charge is 0.301 e. The number of rotatable bonds is 5. The zero-order valence-electron chi connectivity index (χ0n) is 12.0. The fourth-order valence-corrected chi connectivity index (χ4v) is 3.58. The number of likely N-dealkylation sites (N-methyl/N-ethyl adjacent to an activating group) is 1. The van der Waals surface area contributed by atoms with Gasteiger partial charge in [-0.3, -0.25) is 4.90 Å². The van der Waals surface area contributed by atoms with Gasteiger partial charge in [-0.05, 0) is 38.9 Å². The average molecular weight is 266 g/mol. The third-order valence-corrected chi connectivity index (χ3v) is 5.05. The first-order chi connectivity index (χ1) is 8.69. The van der Waals surface area contributed by atoms with Crippen LogP contribution in [-0.2, 0) is 13.0 Å². The molecule has 2 nitrogen and oxygen atoms in total. The lowest BCUT2D eigenvalue weighted by Gasteiger charge is -2.37. The Morgan fingerprint density at radius 3 is 2.78 bits per heavy atom. The van der Waals surface area contributed by atoms with Crippen molar-refractivity contribution in [3.8, 4) is 0 Å². The molecule has 0 N–H and O–H groups in total. The number of unbranched alkanes of at least 4 members (excludes halogenated alkanes) is 1. The smallest absolute Gasteiger partial charge is 0.0329 e. The topological polar surface area (TPSA) is 6.48 Å². The molecule has 1 aromatic rings. The Kier molecular flexibility index (Phi) is 5.22. The predicted molar refractivity (Wildman–Crippen MR) is 80.3 cm³/mol. The van der Waals surface area contributed by atoms with Crippen molar-refractivity contribution in [3.63, 3.8) is 0 Å². The van der Waals surface area contributed by atoms with Crippen molar-refractivity contribution in [2.24, 2.45) is 0 Å². The van der Waals surface area contributed by atoms with E-state index in [4.69, 9.17) is 0 Å². The molecule has 0 bridgehead atoms. The monoisotopic (exact) mass is 266 g/mol. The van der Waals surface area contributed by atoms with E-state index in [1.807, 2.05) is 11.3 Å². The van der Waals surface area contributed by atoms with Gasteiger partial charge in [-0.25, -0.2) is 0 Å². The molecule has 0 aliphatic carbocycles. The number of hydrogen-bond donors (Lipinski definition) is 0. The molecule has 1 saturated heterocycles. The van der Waals surface area contributed by atoms with Crippen molar-refractivity contribution in [2.45, 2.75) is 45.7 Å². The average Bonchev–Trinajstić information content (AvgIpc) is 2.79. The summed E-state index contributed by atoms with van der Waals surface area (Å²) in [6, 6.07) is 5.35. The van der Waals surface area contributed by atoms with Crippen LogP contribution in [0.15, 0.2) is 12.1 Å². The zero-order chi connectivity index (χ0) is 13.0. The molecular formula is C15H26N2S. The van der Waals surface area contributed by atoms with Crippen LogP contribution in [0, 0.1) is 0 Å². The van der Waals surface area contributed by atoms with Crippen LogP contribution in [0.25, 0.3) is 0 Å². The molecule has 2 heterocycles. The van der Waals surface area contributed by atoms with Crippen molar-refractivity contribution in [3.05, 3.63) is 21.9 Å². The first-order valence-electron chi connectivity index (χ1n) is 7.19. The summed E-state index contributed by atoms with van der Waals surface area (Å²) in [5, 5.41) is 0. The summed E-state index contributed by atoms with van der Waals surface area (Å²) in [5.74, 6) is 0. The molecule has 2 rings (SSSR count). The van der Waals surface area contributed by atoms with Gasteiger partial charge in [0.05, 0.1) is 0 Å². The quantitative estimate of drug-likeness (QED) is 0.807. The first-order valence-corrected chi connectivity index (χ1v) is 8.01. The van der Waals surface area contributed by atoms with Gasteiger partial charge in [0.25, 0.3) is 0 Å². The molecule has 1 atom stereocenters. The molecule has 1 aromatic heterocycles. The van der Waals surface area contributed by atoms with E-state index in [2.05, 4.69) is 42.8 Å². The summed E-state index contributed by atoms with van der Waals surface area (Å²) in [6.45, 7) is 9.36. The van der Waals surface area contributed by atoms with Gasteiger partial charge < -0.3 is 4.90 Å². The van der Waals surface area contributed by atoms with E-state index in [1.165, 1.54) is 43.8 Å². The Balaban J connectivity index is 1.84. The fraction of sp³-hybridized carbons (Fsp3) is 0.733. The van der Waals surface area contributed by atoms with E-state index in [1.54, 1.807) is 4.88 Å². The summed E-state index contributed by atoms with van der Waals surface area (Å²) in [5.41, 5.74) is 0. The summed E-state index contributed by atoms with van der Waals surface area (Å²) in [4.78, 5) is 8.16. The van der Waals surface area contributed by atoms with Crippen LogP contribution >= 0.6 is 11.3 Å². The molecule has 1 aliphatic heterocycles. The number of hydrogen-bond acceptors (Lipinski definition) is 3. The van der Waals surface area contributed by atoms with E-state index in [-0.39, 0.29) is 0 Å². The molecule has 0 amide bonds. The Morgan fingerprint density at radius 1 is 1.28 bits per heavy atom. The number of aryl methyl sites for hydroxylation is 1. The highest BCUT2D eigenvalue weighted by atomic mass is 32.1. The summed E-state index contributed by atoms with van der Waals surface area (Å²) in [6.07, 6.45) is 3.88. The zero-order valence-corrected chi connectivity index (χ0v) is 12.8. The van der Waals surface area contributed by atoms with Gasteiger partial charge in [0.2, 0.25) is 0 Å². The standard InChI is InChI=1S/C15H26N2S/c1-4-5-6-14-7-8-15(18-14)12-17-10-9-16(3)13(2)11-17/h7-8,13H,4-6,9-12H2,1-3H3/t13-/m1/s1. The third kappa shape index (κ3) is 3.81. The minimum atomic E-state index is 0.693. The van der Waals surface area contributed by atoms with Gasteiger partial charge in [-0.2, -0.15) is 0 Å². The molecule has 102 valence electrons. The van der Waals surface area contributed by atoms with Crippen LogP contribution in [0.1, 0.15) is 36.4 Å². The number of nitrogens with zero attached hydrogens (tertiary/aromatic N) is 2. The van der Waals surface area contributed by atoms with Gasteiger partial charge in [0, 0.05) is 42.0 Å². The molecule has 1 aliphatic rings. The third-order valence-electron chi connectivity index (χ3n) is 3.92. The molecule has 3 heteroatoms. The maximum Gasteiger partial charge on any atom is 0.0329 e. The Labute approximate surface area is 116 Å². The van der Waals surface area contributed by atoms with Crippen LogP contribution < -0.4 is 0 Å². The van der Waals surface area contributed by atoms with Crippen LogP contribution in [0.4, 0.5) is 0 Å². The van der Waals surface area contributed by atoms with Crippen molar-refractivity contribution in [1.82, 2.24) is 9.80 Å². The van der Waals surface area contributed by atoms with Gasteiger partial charge in [-0.1, -0.05) is 13.3 Å². The maximum atomic E-state index is 2.60. The lowest BCUT2D eigenvalue weighted by Crippen LogP contribution is -2.49. The van der Waals surface area contributed by atoms with Gasteiger partial charge >= 0.3 is 0 Å². The second kappa shape index (κ2) is 6.69. The lowest BCUT2D eigenvalue weighted by atomic mass is 10.2. The molecular weight excluding hydrogens is 240 g/mol. The normalized spacial score (nSPS) is 22.5. The van der Waals surface area contributed by atoms with Crippen LogP contribution in [0.3, 0.4) is 0 Å². The summed E-state index contributed by atoms with van der Waals surface area (Å²) < 4.78 is 0. The fourth-order valence-electron chi connectivity index (χ4n) is 2.48.